The molecule has 66 heavy (non-hydrogen) atoms. The average molecular weight is 950 g/mol. The number of halogens is 1. The number of hydrogen-bond acceptors (Lipinski definition) is 12. The van der Waals surface area contributed by atoms with Crippen molar-refractivity contribution in [2.45, 2.75) is 0 Å². The Morgan fingerprint density at radius 2 is 1.03 bits per heavy atom. The number of ether oxygens (including phenoxy) is 4. The fourth-order valence-electron chi connectivity index (χ4n) is 8.11. The molecule has 4 aromatic carbocycles. The Kier molecular flexibility index (Phi) is 16.1. The zero-order chi connectivity index (χ0) is 45.7. The fourth-order valence-corrected chi connectivity index (χ4v) is 8.77. The lowest BCUT2D eigenvalue weighted by Gasteiger charge is -2.26. The van der Waals surface area contributed by atoms with E-state index < -0.39 is 7.12 Å². The molecule has 0 spiro atoms. The van der Waals surface area contributed by atoms with Crippen LogP contribution >= 0.6 is 15.9 Å². The van der Waals surface area contributed by atoms with E-state index in [1.807, 2.05) is 109 Å². The normalized spacial score (nSPS) is 15.9. The lowest BCUT2D eigenvalue weighted by molar-refractivity contribution is 0.0321. The van der Waals surface area contributed by atoms with E-state index in [1.54, 1.807) is 30.7 Å². The molecule has 2 aliphatic carbocycles. The summed E-state index contributed by atoms with van der Waals surface area (Å²) in [6.45, 7) is 9.80. The largest absolute Gasteiger partial charge is 0.492 e. The summed E-state index contributed by atoms with van der Waals surface area (Å²) < 4.78 is 23.2. The van der Waals surface area contributed by atoms with Crippen LogP contribution in [0.15, 0.2) is 151 Å². The molecular formula is C52H50BBrN4O8. The molecule has 0 amide bonds. The smallest absolute Gasteiger partial charge is 0.490 e. The van der Waals surface area contributed by atoms with Crippen molar-refractivity contribution in [1.82, 2.24) is 19.8 Å². The Morgan fingerprint density at radius 1 is 0.545 bits per heavy atom. The van der Waals surface area contributed by atoms with Crippen LogP contribution in [0.25, 0.3) is 16.7 Å². The van der Waals surface area contributed by atoms with Gasteiger partial charge in [-0.15, -0.1) is 0 Å². The van der Waals surface area contributed by atoms with Crippen molar-refractivity contribution in [3.63, 3.8) is 0 Å². The van der Waals surface area contributed by atoms with E-state index in [0.717, 1.165) is 116 Å². The van der Waals surface area contributed by atoms with Gasteiger partial charge in [0.15, 0.2) is 5.78 Å². The quantitative estimate of drug-likeness (QED) is 0.130. The highest BCUT2D eigenvalue weighted by atomic mass is 79.9. The van der Waals surface area contributed by atoms with Gasteiger partial charge in [0.25, 0.3) is 0 Å². The van der Waals surface area contributed by atoms with Crippen LogP contribution in [0.5, 0.6) is 11.5 Å². The van der Waals surface area contributed by atoms with Gasteiger partial charge in [-0.25, -0.2) is 0 Å². The van der Waals surface area contributed by atoms with Crippen LogP contribution in [0, 0.1) is 0 Å². The fraction of sp³-hybridized carbons (Fsp3) is 0.231. The minimum atomic E-state index is -1.40. The van der Waals surface area contributed by atoms with Crippen LogP contribution in [-0.2, 0) is 9.47 Å². The number of carbonyl (C=O) groups is 2. The second-order valence-corrected chi connectivity index (χ2v) is 16.5. The number of benzene rings is 4. The third-order valence-electron chi connectivity index (χ3n) is 11.5. The number of Topliss-reactive ketones (excluding diaryl/α,β-unsaturated/α-hetero) is 2. The number of allylic oxidation sites excluding steroid dienone is 2. The first-order valence-corrected chi connectivity index (χ1v) is 22.8. The van der Waals surface area contributed by atoms with Gasteiger partial charge in [-0.05, 0) is 86.7 Å². The van der Waals surface area contributed by atoms with Crippen LogP contribution in [0.4, 0.5) is 0 Å². The first-order chi connectivity index (χ1) is 32.4. The molecule has 0 saturated carbocycles. The van der Waals surface area contributed by atoms with Crippen molar-refractivity contribution in [3.8, 4) is 11.5 Å². The van der Waals surface area contributed by atoms with Crippen LogP contribution in [0.1, 0.15) is 48.5 Å². The van der Waals surface area contributed by atoms with Crippen LogP contribution in [0.2, 0.25) is 0 Å². The van der Waals surface area contributed by atoms with Gasteiger partial charge in [0.05, 0.1) is 30.9 Å². The maximum Gasteiger partial charge on any atom is 0.490 e. The van der Waals surface area contributed by atoms with Crippen molar-refractivity contribution in [2.24, 2.45) is 0 Å². The van der Waals surface area contributed by atoms with E-state index >= 15 is 0 Å². The van der Waals surface area contributed by atoms with E-state index in [9.17, 15) is 9.59 Å². The lowest BCUT2D eigenvalue weighted by Crippen LogP contribution is -2.38. The summed E-state index contributed by atoms with van der Waals surface area (Å²) in [7, 11) is -1.40. The van der Waals surface area contributed by atoms with Gasteiger partial charge in [0.1, 0.15) is 24.7 Å². The van der Waals surface area contributed by atoms with E-state index in [2.05, 4.69) is 35.7 Å². The standard InChI is InChI=1S/C26H24N2O3.C21H20BrNO3.C5H6BNO2/c29-26-23-17-21(31-16-13-28-11-14-30-15-12-28)8-9-22(23)24(19-5-2-1-3-6-19)25(26)20-7-4-10-27-18-20;22-20-19(15-4-2-1-3-5-15)17-7-6-16(14-18(17)21(20)24)26-13-10-23-8-11-25-12-9-23;8-6(9)5-2-1-3-7-4-5/h1-10,17-18H,11-16H2;1-7,14H,8-13H2;1-4,8-9H. The van der Waals surface area contributed by atoms with Crippen molar-refractivity contribution >= 4 is 56.8 Å². The molecule has 4 aliphatic rings. The van der Waals surface area contributed by atoms with E-state index in [4.69, 9.17) is 29.0 Å². The Morgan fingerprint density at radius 3 is 1.52 bits per heavy atom. The topological polar surface area (TPSA) is 144 Å². The number of morpholine rings is 2. The minimum absolute atomic E-state index is 0.0116. The van der Waals surface area contributed by atoms with Gasteiger partial charge in [-0.2, -0.15) is 0 Å². The Bertz CT molecular complexity index is 2640. The number of rotatable bonds is 12. The summed E-state index contributed by atoms with van der Waals surface area (Å²) in [6, 6.07) is 38.7. The predicted octanol–water partition coefficient (Wildman–Crippen LogP) is 6.46. The van der Waals surface area contributed by atoms with Crippen molar-refractivity contribution in [3.05, 3.63) is 190 Å². The predicted molar refractivity (Wildman–Crippen MR) is 259 cm³/mol. The minimum Gasteiger partial charge on any atom is -0.492 e. The molecule has 2 fully saturated rings. The molecule has 0 unspecified atom stereocenters. The molecule has 4 heterocycles. The molecule has 10 rings (SSSR count). The number of carbonyl (C=O) groups excluding carboxylic acids is 2. The van der Waals surface area contributed by atoms with Crippen molar-refractivity contribution in [1.29, 1.82) is 0 Å². The van der Waals surface area contributed by atoms with Gasteiger partial charge in [0.2, 0.25) is 5.78 Å². The van der Waals surface area contributed by atoms with E-state index in [-0.39, 0.29) is 11.6 Å². The van der Waals surface area contributed by atoms with Crippen LogP contribution in [-0.4, -0.2) is 127 Å². The highest BCUT2D eigenvalue weighted by molar-refractivity contribution is 9.12. The third-order valence-corrected chi connectivity index (χ3v) is 12.3. The number of hydrogen-bond donors (Lipinski definition) is 2. The van der Waals surface area contributed by atoms with Crippen molar-refractivity contribution < 1.29 is 38.6 Å². The monoisotopic (exact) mass is 948 g/mol. The summed E-state index contributed by atoms with van der Waals surface area (Å²) in [5, 5.41) is 17.1. The molecule has 2 aromatic heterocycles. The molecule has 14 heteroatoms. The Labute approximate surface area is 393 Å². The zero-order valence-corrected chi connectivity index (χ0v) is 38.0. The average Bonchev–Trinajstić information content (AvgIpc) is 3.81. The molecule has 12 nitrogen and oxygen atoms in total. The number of nitrogens with zero attached hydrogens (tertiary/aromatic N) is 4. The van der Waals surface area contributed by atoms with Gasteiger partial charge in [-0.3, -0.25) is 29.4 Å². The summed E-state index contributed by atoms with van der Waals surface area (Å²) in [6.07, 6.45) is 6.46. The number of fused-ring (bicyclic) bond motifs is 2. The lowest BCUT2D eigenvalue weighted by atomic mass is 9.82. The van der Waals surface area contributed by atoms with Crippen molar-refractivity contribution in [2.75, 3.05) is 78.9 Å². The van der Waals surface area contributed by atoms with Gasteiger partial charge in [0, 0.05) is 103 Å². The molecule has 6 aromatic rings. The van der Waals surface area contributed by atoms with Crippen LogP contribution < -0.4 is 14.9 Å². The summed E-state index contributed by atoms with van der Waals surface area (Å²) in [5.74, 6) is 1.48. The van der Waals surface area contributed by atoms with Crippen LogP contribution in [0.3, 0.4) is 0 Å². The van der Waals surface area contributed by atoms with Gasteiger partial charge >= 0.3 is 7.12 Å². The molecule has 336 valence electrons. The molecule has 2 saturated heterocycles. The second-order valence-electron chi connectivity index (χ2n) is 15.8. The summed E-state index contributed by atoms with van der Waals surface area (Å²) >= 11 is 3.49. The first kappa shape index (κ1) is 46.4. The number of ketones is 2. The Hall–Kier alpha value is -6.10. The highest BCUT2D eigenvalue weighted by Crippen LogP contribution is 2.44. The maximum atomic E-state index is 13.5. The molecule has 0 bridgehead atoms. The third kappa shape index (κ3) is 11.5. The summed E-state index contributed by atoms with van der Waals surface area (Å²) in [4.78, 5) is 38.7. The summed E-state index contributed by atoms with van der Waals surface area (Å²) in [5.41, 5.74) is 9.17. The first-order valence-electron chi connectivity index (χ1n) is 22.0. The second kappa shape index (κ2) is 22.9. The SMILES string of the molecule is O=C1C(Br)=C(c2ccccc2)c2ccc(OCCN3CCOCC3)cc21.O=C1C(c2cccnc2)=C(c2ccccc2)c2ccc(OCCN3CCOCC3)cc21.OB(O)c1cccnc1. The molecule has 0 radical (unpaired) electrons. The van der Waals surface area contributed by atoms with E-state index in [0.29, 0.717) is 39.9 Å². The van der Waals surface area contributed by atoms with Gasteiger partial charge < -0.3 is 29.0 Å². The Balaban J connectivity index is 0.000000153. The molecule has 2 N–H and O–H groups in total. The zero-order valence-electron chi connectivity index (χ0n) is 36.4. The molecule has 0 atom stereocenters. The number of pyridine rings is 2. The molecular weight excluding hydrogens is 899 g/mol. The van der Waals surface area contributed by atoms with Gasteiger partial charge in [-0.1, -0.05) is 72.8 Å². The molecule has 2 aliphatic heterocycles. The number of aromatic nitrogens is 2. The van der Waals surface area contributed by atoms with E-state index in [1.165, 1.54) is 6.20 Å². The highest BCUT2D eigenvalue weighted by Gasteiger charge is 2.32. The maximum absolute atomic E-state index is 13.5.